The van der Waals surface area contributed by atoms with Gasteiger partial charge in [-0.05, 0) is 24.0 Å². The fourth-order valence-corrected chi connectivity index (χ4v) is 2.71. The lowest BCUT2D eigenvalue weighted by atomic mass is 10.2. The fraction of sp³-hybridized carbons (Fsp3) is 0.360. The first kappa shape index (κ1) is 25.6. The van der Waals surface area contributed by atoms with Crippen LogP contribution < -0.4 is 5.32 Å². The Labute approximate surface area is 193 Å². The highest BCUT2D eigenvalue weighted by Gasteiger charge is 2.11. The molecule has 0 saturated heterocycles. The summed E-state index contributed by atoms with van der Waals surface area (Å²) >= 11 is 0. The standard InChI is InChI=1S/C25H29NO7/c27-22(17-26-25(30)33-19-21-11-5-2-6-12-21)14-15-24(29)31-16-8-7-13-23(28)32-18-20-9-3-1-4-10-20/h1-6,9-12H,7-8,13-19H2,(H,26,30). The zero-order valence-electron chi connectivity index (χ0n) is 18.5. The topological polar surface area (TPSA) is 108 Å². The molecule has 0 radical (unpaired) electrons. The van der Waals surface area contributed by atoms with Crippen LogP contribution in [0.25, 0.3) is 0 Å². The normalized spacial score (nSPS) is 10.2. The van der Waals surface area contributed by atoms with Crippen LogP contribution >= 0.6 is 0 Å². The maximum Gasteiger partial charge on any atom is 0.407 e. The Morgan fingerprint density at radius 3 is 1.85 bits per heavy atom. The largest absolute Gasteiger partial charge is 0.466 e. The third kappa shape index (κ3) is 12.1. The van der Waals surface area contributed by atoms with Crippen LogP contribution in [0.15, 0.2) is 60.7 Å². The first-order chi connectivity index (χ1) is 16.0. The average molecular weight is 456 g/mol. The maximum absolute atomic E-state index is 11.8. The summed E-state index contributed by atoms with van der Waals surface area (Å²) in [5, 5.41) is 2.36. The molecule has 2 rings (SSSR count). The van der Waals surface area contributed by atoms with Crippen molar-refractivity contribution < 1.29 is 33.4 Å². The van der Waals surface area contributed by atoms with Gasteiger partial charge in [0, 0.05) is 12.8 Å². The second-order valence-electron chi connectivity index (χ2n) is 7.28. The second-order valence-corrected chi connectivity index (χ2v) is 7.28. The molecule has 0 fully saturated rings. The lowest BCUT2D eigenvalue weighted by molar-refractivity contribution is -0.145. The number of alkyl carbamates (subject to hydrolysis) is 1. The zero-order chi connectivity index (χ0) is 23.7. The van der Waals surface area contributed by atoms with Crippen molar-refractivity contribution in [1.29, 1.82) is 0 Å². The van der Waals surface area contributed by atoms with E-state index in [1.54, 1.807) is 0 Å². The summed E-state index contributed by atoms with van der Waals surface area (Å²) in [7, 11) is 0. The van der Waals surface area contributed by atoms with Crippen molar-refractivity contribution in [2.75, 3.05) is 13.2 Å². The minimum atomic E-state index is -0.697. The van der Waals surface area contributed by atoms with E-state index in [2.05, 4.69) is 5.32 Å². The van der Waals surface area contributed by atoms with E-state index in [1.807, 2.05) is 60.7 Å². The quantitative estimate of drug-likeness (QED) is 0.263. The molecule has 0 unspecified atom stereocenters. The predicted octanol–water partition coefficient (Wildman–Crippen LogP) is 3.72. The van der Waals surface area contributed by atoms with Gasteiger partial charge in [0.25, 0.3) is 0 Å². The zero-order valence-corrected chi connectivity index (χ0v) is 18.5. The molecule has 2 aromatic carbocycles. The van der Waals surface area contributed by atoms with E-state index in [1.165, 1.54) is 0 Å². The van der Waals surface area contributed by atoms with E-state index in [-0.39, 0.29) is 57.4 Å². The summed E-state index contributed by atoms with van der Waals surface area (Å²) < 4.78 is 15.2. The fourth-order valence-electron chi connectivity index (χ4n) is 2.71. The minimum absolute atomic E-state index is 0.0381. The van der Waals surface area contributed by atoms with E-state index in [0.29, 0.717) is 12.8 Å². The number of ketones is 1. The Bertz CT molecular complexity index is 884. The number of hydrogen-bond acceptors (Lipinski definition) is 7. The van der Waals surface area contributed by atoms with Crippen LogP contribution in [0.4, 0.5) is 4.79 Å². The molecule has 8 nitrogen and oxygen atoms in total. The number of hydrogen-bond donors (Lipinski definition) is 1. The number of ether oxygens (including phenoxy) is 3. The molecule has 0 aliphatic heterocycles. The number of carbonyl (C=O) groups excluding carboxylic acids is 4. The summed E-state index contributed by atoms with van der Waals surface area (Å²) in [5.41, 5.74) is 1.76. The van der Waals surface area contributed by atoms with Crippen LogP contribution in [-0.2, 0) is 41.8 Å². The van der Waals surface area contributed by atoms with Crippen molar-refractivity contribution in [3.8, 4) is 0 Å². The summed E-state index contributed by atoms with van der Waals surface area (Å²) in [4.78, 5) is 46.9. The summed E-state index contributed by atoms with van der Waals surface area (Å²) in [5.74, 6) is -1.10. The third-order valence-electron chi connectivity index (χ3n) is 4.53. The van der Waals surface area contributed by atoms with Crippen LogP contribution in [0.2, 0.25) is 0 Å². The number of Topliss-reactive ketones (excluding diaryl/α,β-unsaturated/α-hetero) is 1. The molecular formula is C25H29NO7. The van der Waals surface area contributed by atoms with Gasteiger partial charge in [-0.3, -0.25) is 14.4 Å². The Morgan fingerprint density at radius 1 is 0.636 bits per heavy atom. The first-order valence-electron chi connectivity index (χ1n) is 10.8. The molecule has 176 valence electrons. The second kappa shape index (κ2) is 15.2. The van der Waals surface area contributed by atoms with Crippen LogP contribution in [0, 0.1) is 0 Å². The number of esters is 2. The van der Waals surface area contributed by atoms with E-state index in [0.717, 1.165) is 11.1 Å². The summed E-state index contributed by atoms with van der Waals surface area (Å²) in [6, 6.07) is 18.6. The van der Waals surface area contributed by atoms with Crippen molar-refractivity contribution >= 4 is 23.8 Å². The van der Waals surface area contributed by atoms with Gasteiger partial charge in [0.1, 0.15) is 13.2 Å². The molecule has 2 aromatic rings. The molecule has 0 aliphatic carbocycles. The number of benzene rings is 2. The monoisotopic (exact) mass is 455 g/mol. The number of amides is 1. The van der Waals surface area contributed by atoms with Gasteiger partial charge in [-0.1, -0.05) is 60.7 Å². The van der Waals surface area contributed by atoms with Gasteiger partial charge in [-0.25, -0.2) is 4.79 Å². The Hall–Kier alpha value is -3.68. The van der Waals surface area contributed by atoms with Crippen molar-refractivity contribution in [2.24, 2.45) is 0 Å². The van der Waals surface area contributed by atoms with Gasteiger partial charge in [-0.2, -0.15) is 0 Å². The first-order valence-corrected chi connectivity index (χ1v) is 10.8. The predicted molar refractivity (Wildman–Crippen MR) is 120 cm³/mol. The lowest BCUT2D eigenvalue weighted by Crippen LogP contribution is -2.30. The Kier molecular flexibility index (Phi) is 11.8. The van der Waals surface area contributed by atoms with Gasteiger partial charge in [-0.15, -0.1) is 0 Å². The van der Waals surface area contributed by atoms with Crippen molar-refractivity contribution in [3.05, 3.63) is 71.8 Å². The molecule has 0 aliphatic rings. The Balaban J connectivity index is 1.44. The molecule has 0 spiro atoms. The SMILES string of the molecule is O=C(CCC(=O)OCCCCC(=O)OCc1ccccc1)CNC(=O)OCc1ccccc1. The van der Waals surface area contributed by atoms with Gasteiger partial charge >= 0.3 is 18.0 Å². The maximum atomic E-state index is 11.8. The van der Waals surface area contributed by atoms with E-state index in [9.17, 15) is 19.2 Å². The van der Waals surface area contributed by atoms with Crippen molar-refractivity contribution in [3.63, 3.8) is 0 Å². The van der Waals surface area contributed by atoms with Gasteiger partial charge in [0.15, 0.2) is 5.78 Å². The van der Waals surface area contributed by atoms with E-state index >= 15 is 0 Å². The number of unbranched alkanes of at least 4 members (excludes halogenated alkanes) is 1. The molecule has 0 heterocycles. The summed E-state index contributed by atoms with van der Waals surface area (Å²) in [6.45, 7) is 0.301. The van der Waals surface area contributed by atoms with E-state index < -0.39 is 12.1 Å². The highest BCUT2D eigenvalue weighted by atomic mass is 16.5. The van der Waals surface area contributed by atoms with Gasteiger partial charge in [0.2, 0.25) is 0 Å². The third-order valence-corrected chi connectivity index (χ3v) is 4.53. The lowest BCUT2D eigenvalue weighted by Gasteiger charge is -2.07. The summed E-state index contributed by atoms with van der Waals surface area (Å²) in [6.07, 6.45) is 0.498. The highest BCUT2D eigenvalue weighted by molar-refractivity contribution is 5.86. The molecule has 0 aromatic heterocycles. The van der Waals surface area contributed by atoms with Crippen LogP contribution in [0.1, 0.15) is 43.2 Å². The molecule has 8 heteroatoms. The van der Waals surface area contributed by atoms with Gasteiger partial charge < -0.3 is 19.5 Å². The number of rotatable bonds is 14. The number of nitrogens with one attached hydrogen (secondary N) is 1. The molecule has 1 N–H and O–H groups in total. The van der Waals surface area contributed by atoms with Crippen molar-refractivity contribution in [1.82, 2.24) is 5.32 Å². The molecule has 0 atom stereocenters. The Morgan fingerprint density at radius 2 is 1.21 bits per heavy atom. The minimum Gasteiger partial charge on any atom is -0.466 e. The van der Waals surface area contributed by atoms with Crippen LogP contribution in [0.3, 0.4) is 0 Å². The molecule has 0 saturated carbocycles. The average Bonchev–Trinajstić information content (AvgIpc) is 2.84. The van der Waals surface area contributed by atoms with Crippen LogP contribution in [-0.4, -0.2) is 37.0 Å². The van der Waals surface area contributed by atoms with Crippen molar-refractivity contribution in [2.45, 2.75) is 45.3 Å². The highest BCUT2D eigenvalue weighted by Crippen LogP contribution is 2.05. The molecule has 0 bridgehead atoms. The van der Waals surface area contributed by atoms with Gasteiger partial charge in [0.05, 0.1) is 19.6 Å². The molecule has 33 heavy (non-hydrogen) atoms. The smallest absolute Gasteiger partial charge is 0.407 e. The van der Waals surface area contributed by atoms with E-state index in [4.69, 9.17) is 14.2 Å². The molecule has 1 amide bonds. The van der Waals surface area contributed by atoms with Crippen LogP contribution in [0.5, 0.6) is 0 Å². The molecular weight excluding hydrogens is 426 g/mol. The number of carbonyl (C=O) groups is 4.